The molecule has 0 aliphatic carbocycles. The predicted molar refractivity (Wildman–Crippen MR) is 64.5 cm³/mol. The van der Waals surface area contributed by atoms with Gasteiger partial charge in [-0.3, -0.25) is 0 Å². The maximum absolute atomic E-state index is 12.4. The van der Waals surface area contributed by atoms with E-state index in [0.29, 0.717) is 6.42 Å². The molecule has 0 saturated heterocycles. The zero-order valence-electron chi connectivity index (χ0n) is 11.3. The van der Waals surface area contributed by atoms with Crippen LogP contribution in [0.15, 0.2) is 12.2 Å². The topological polar surface area (TPSA) is 26.3 Å². The molecule has 0 N–H and O–H groups in total. The van der Waals surface area contributed by atoms with E-state index in [1.165, 1.54) is 6.08 Å². The number of hydrogen-bond donors (Lipinski definition) is 0. The Hall–Kier alpha value is -1.14. The number of carbonyl (C=O) groups is 1. The SMILES string of the molecule is CCCCCCC/C=C/COC(=O)C(F)(F)C(F)(F)F. The molecule has 0 rings (SSSR count). The Bertz CT molecular complexity index is 310. The van der Waals surface area contributed by atoms with Crippen molar-refractivity contribution in [3.05, 3.63) is 12.2 Å². The second-order valence-electron chi connectivity index (χ2n) is 4.34. The molecule has 0 amide bonds. The first kappa shape index (κ1) is 18.9. The smallest absolute Gasteiger partial charge is 0.457 e. The predicted octanol–water partition coefficient (Wildman–Crippen LogP) is 4.64. The van der Waals surface area contributed by atoms with Gasteiger partial charge in [0.15, 0.2) is 0 Å². The van der Waals surface area contributed by atoms with E-state index in [2.05, 4.69) is 11.7 Å². The third kappa shape index (κ3) is 6.86. The Kier molecular flexibility index (Phi) is 8.41. The van der Waals surface area contributed by atoms with E-state index in [9.17, 15) is 26.7 Å². The largest absolute Gasteiger partial charge is 0.465 e. The van der Waals surface area contributed by atoms with Crippen LogP contribution in [0.25, 0.3) is 0 Å². The maximum Gasteiger partial charge on any atom is 0.465 e. The van der Waals surface area contributed by atoms with Gasteiger partial charge in [0.1, 0.15) is 6.61 Å². The number of carbonyl (C=O) groups excluding carboxylic acids is 1. The van der Waals surface area contributed by atoms with Crippen LogP contribution in [0.4, 0.5) is 22.0 Å². The zero-order valence-corrected chi connectivity index (χ0v) is 11.3. The lowest BCUT2D eigenvalue weighted by Crippen LogP contribution is -2.45. The molecule has 0 saturated carbocycles. The van der Waals surface area contributed by atoms with Gasteiger partial charge in [-0.05, 0) is 12.8 Å². The molecule has 0 bridgehead atoms. The second-order valence-corrected chi connectivity index (χ2v) is 4.34. The molecule has 0 aromatic carbocycles. The molecule has 0 atom stereocenters. The van der Waals surface area contributed by atoms with Gasteiger partial charge >= 0.3 is 18.1 Å². The normalized spacial score (nSPS) is 12.9. The fourth-order valence-corrected chi connectivity index (χ4v) is 1.38. The Balaban J connectivity index is 3.82. The van der Waals surface area contributed by atoms with E-state index >= 15 is 0 Å². The van der Waals surface area contributed by atoms with E-state index in [1.807, 2.05) is 0 Å². The van der Waals surface area contributed by atoms with Gasteiger partial charge in [0.25, 0.3) is 0 Å². The Morgan fingerprint density at radius 3 is 2.15 bits per heavy atom. The van der Waals surface area contributed by atoms with E-state index in [0.717, 1.165) is 32.1 Å². The first-order valence-electron chi connectivity index (χ1n) is 6.50. The fourth-order valence-electron chi connectivity index (χ4n) is 1.38. The van der Waals surface area contributed by atoms with E-state index < -0.39 is 24.7 Å². The quantitative estimate of drug-likeness (QED) is 0.268. The van der Waals surface area contributed by atoms with Crippen molar-refractivity contribution in [3.63, 3.8) is 0 Å². The minimum atomic E-state index is -5.92. The highest BCUT2D eigenvalue weighted by Gasteiger charge is 2.64. The second kappa shape index (κ2) is 8.92. The van der Waals surface area contributed by atoms with Crippen LogP contribution < -0.4 is 0 Å². The van der Waals surface area contributed by atoms with Crippen molar-refractivity contribution in [1.82, 2.24) is 0 Å². The van der Waals surface area contributed by atoms with Gasteiger partial charge < -0.3 is 4.74 Å². The molecule has 7 heteroatoms. The molecule has 20 heavy (non-hydrogen) atoms. The van der Waals surface area contributed by atoms with Crippen LogP contribution in [0.5, 0.6) is 0 Å². The number of halogens is 5. The van der Waals surface area contributed by atoms with E-state index in [1.54, 1.807) is 6.08 Å². The molecular formula is C13H19F5O2. The molecule has 0 aliphatic heterocycles. The van der Waals surface area contributed by atoms with Crippen LogP contribution >= 0.6 is 0 Å². The average molecular weight is 302 g/mol. The third-order valence-electron chi connectivity index (χ3n) is 2.56. The minimum absolute atomic E-state index is 0.584. The highest BCUT2D eigenvalue weighted by atomic mass is 19.4. The average Bonchev–Trinajstić information content (AvgIpc) is 2.35. The maximum atomic E-state index is 12.4. The van der Waals surface area contributed by atoms with Crippen molar-refractivity contribution >= 4 is 5.97 Å². The summed E-state index contributed by atoms with van der Waals surface area (Å²) in [5.74, 6) is -8.03. The summed E-state index contributed by atoms with van der Waals surface area (Å²) in [6, 6.07) is 0. The van der Waals surface area contributed by atoms with Crippen LogP contribution in [-0.2, 0) is 9.53 Å². The lowest BCUT2D eigenvalue weighted by molar-refractivity contribution is -0.280. The zero-order chi connectivity index (χ0) is 15.6. The van der Waals surface area contributed by atoms with E-state index in [4.69, 9.17) is 0 Å². The number of alkyl halides is 5. The molecule has 0 spiro atoms. The molecule has 0 heterocycles. The summed E-state index contributed by atoms with van der Waals surface area (Å²) in [7, 11) is 0. The number of rotatable bonds is 9. The fraction of sp³-hybridized carbons (Fsp3) is 0.769. The van der Waals surface area contributed by atoms with Crippen molar-refractivity contribution in [3.8, 4) is 0 Å². The van der Waals surface area contributed by atoms with E-state index in [-0.39, 0.29) is 0 Å². The monoisotopic (exact) mass is 302 g/mol. The molecule has 0 fully saturated rings. The van der Waals surface area contributed by atoms with Gasteiger partial charge in [-0.2, -0.15) is 22.0 Å². The van der Waals surface area contributed by atoms with Crippen molar-refractivity contribution in [2.24, 2.45) is 0 Å². The standard InChI is InChI=1S/C13H19F5O2/c1-2-3-4-5-6-7-8-9-10-20-11(19)12(14,15)13(16,17)18/h8-9H,2-7,10H2,1H3/b9-8+. The summed E-state index contributed by atoms with van der Waals surface area (Å²) >= 11 is 0. The summed E-state index contributed by atoms with van der Waals surface area (Å²) in [6.45, 7) is 1.50. The van der Waals surface area contributed by atoms with Crippen molar-refractivity contribution < 1.29 is 31.5 Å². The molecule has 118 valence electrons. The van der Waals surface area contributed by atoms with Crippen molar-refractivity contribution in [2.45, 2.75) is 57.5 Å². The van der Waals surface area contributed by atoms with Crippen molar-refractivity contribution in [2.75, 3.05) is 6.61 Å². The number of allylic oxidation sites excluding steroid dienone is 1. The molecule has 0 aromatic heterocycles. The highest BCUT2D eigenvalue weighted by molar-refractivity contribution is 5.78. The van der Waals surface area contributed by atoms with Gasteiger partial charge in [0.05, 0.1) is 0 Å². The first-order valence-corrected chi connectivity index (χ1v) is 6.50. The third-order valence-corrected chi connectivity index (χ3v) is 2.56. The molecule has 0 aromatic rings. The Morgan fingerprint density at radius 1 is 1.00 bits per heavy atom. The summed E-state index contributed by atoms with van der Waals surface area (Å²) in [5.41, 5.74) is 0. The van der Waals surface area contributed by atoms with Gasteiger partial charge in [-0.25, -0.2) is 4.79 Å². The highest BCUT2D eigenvalue weighted by Crippen LogP contribution is 2.36. The molecule has 0 unspecified atom stereocenters. The van der Waals surface area contributed by atoms with Gasteiger partial charge in [0.2, 0.25) is 0 Å². The van der Waals surface area contributed by atoms with Crippen LogP contribution in [0.1, 0.15) is 45.4 Å². The Morgan fingerprint density at radius 2 is 1.60 bits per heavy atom. The number of hydrogen-bond acceptors (Lipinski definition) is 2. The van der Waals surface area contributed by atoms with Gasteiger partial charge in [-0.15, -0.1) is 0 Å². The lowest BCUT2D eigenvalue weighted by atomic mass is 10.1. The number of unbranched alkanes of at least 4 members (excludes halogenated alkanes) is 5. The summed E-state index contributed by atoms with van der Waals surface area (Å²) in [4.78, 5) is 10.6. The van der Waals surface area contributed by atoms with Crippen LogP contribution in [0, 0.1) is 0 Å². The first-order chi connectivity index (χ1) is 9.23. The molecule has 0 radical (unpaired) electrons. The van der Waals surface area contributed by atoms with Crippen LogP contribution in [0.3, 0.4) is 0 Å². The lowest BCUT2D eigenvalue weighted by Gasteiger charge is -2.17. The van der Waals surface area contributed by atoms with Gasteiger partial charge in [-0.1, -0.05) is 44.8 Å². The summed E-state index contributed by atoms with van der Waals surface area (Å²) < 4.78 is 64.2. The summed E-state index contributed by atoms with van der Waals surface area (Å²) in [6.07, 6.45) is 2.94. The molecule has 0 aliphatic rings. The Labute approximate surface area is 115 Å². The molecule has 2 nitrogen and oxygen atoms in total. The van der Waals surface area contributed by atoms with Crippen LogP contribution in [0.2, 0.25) is 0 Å². The minimum Gasteiger partial charge on any atom is -0.457 e. The molecular weight excluding hydrogens is 283 g/mol. The van der Waals surface area contributed by atoms with Crippen LogP contribution in [-0.4, -0.2) is 24.7 Å². The number of esters is 1. The summed E-state index contributed by atoms with van der Waals surface area (Å²) in [5, 5.41) is 0. The van der Waals surface area contributed by atoms with Gasteiger partial charge in [0, 0.05) is 0 Å². The van der Waals surface area contributed by atoms with Crippen molar-refractivity contribution in [1.29, 1.82) is 0 Å². The number of ether oxygens (including phenoxy) is 1.